The molecule has 0 aromatic carbocycles. The van der Waals surface area contributed by atoms with Crippen molar-refractivity contribution in [3.05, 3.63) is 59.0 Å². The molecule has 0 radical (unpaired) electrons. The summed E-state index contributed by atoms with van der Waals surface area (Å²) in [6.07, 6.45) is 2.91. The number of amides is 1. The summed E-state index contributed by atoms with van der Waals surface area (Å²) >= 11 is 6.61. The normalized spacial score (nSPS) is 18.3. The monoisotopic (exact) mass is 701 g/mol. The molecule has 1 saturated heterocycles. The molecule has 1 N–H and O–H groups in total. The SMILES string of the molecule is Cc1c(-c2cc(OC(CO[Si](C)(C)C(C)(C)C)c3ccc(F)cn3)c3c(Cl)cnn3c2)nnn1[C@@H]1CCN(C(=O)OC(C)(C)C)C[C@H]1O. The van der Waals surface area contributed by atoms with Gasteiger partial charge in [0.15, 0.2) is 14.4 Å². The molecule has 1 aliphatic rings. The number of fused-ring (bicyclic) bond motifs is 1. The number of aromatic nitrogens is 6. The molecule has 5 heterocycles. The lowest BCUT2D eigenvalue weighted by Gasteiger charge is -2.37. The summed E-state index contributed by atoms with van der Waals surface area (Å²) in [7, 11) is -2.19. The van der Waals surface area contributed by atoms with E-state index in [9.17, 15) is 14.3 Å². The van der Waals surface area contributed by atoms with E-state index < -0.39 is 44.1 Å². The average molecular weight is 702 g/mol. The number of hydrogen-bond acceptors (Lipinski definition) is 9. The topological polar surface area (TPSA) is 129 Å². The first-order chi connectivity index (χ1) is 22.3. The van der Waals surface area contributed by atoms with Gasteiger partial charge in [0.25, 0.3) is 0 Å². The molecule has 0 aliphatic carbocycles. The van der Waals surface area contributed by atoms with Crippen molar-refractivity contribution < 1.29 is 28.2 Å². The quantitative estimate of drug-likeness (QED) is 0.198. The maximum absolute atomic E-state index is 13.9. The highest BCUT2D eigenvalue weighted by Crippen LogP contribution is 2.39. The van der Waals surface area contributed by atoms with Gasteiger partial charge in [-0.3, -0.25) is 4.98 Å². The fourth-order valence-corrected chi connectivity index (χ4v) is 6.52. The van der Waals surface area contributed by atoms with Crippen LogP contribution in [0.25, 0.3) is 16.8 Å². The predicted octanol–water partition coefficient (Wildman–Crippen LogP) is 6.77. The fourth-order valence-electron chi connectivity index (χ4n) is 5.30. The number of rotatable bonds is 8. The fraction of sp³-hybridized carbons (Fsp3) is 0.545. The van der Waals surface area contributed by atoms with E-state index in [1.54, 1.807) is 21.5 Å². The van der Waals surface area contributed by atoms with E-state index in [2.05, 4.69) is 54.3 Å². The minimum absolute atomic E-state index is 0.0427. The summed E-state index contributed by atoms with van der Waals surface area (Å²) in [4.78, 5) is 18.4. The highest BCUT2D eigenvalue weighted by molar-refractivity contribution is 6.74. The number of aliphatic hydroxyl groups excluding tert-OH is 1. The van der Waals surface area contributed by atoms with Crippen LogP contribution in [0.2, 0.25) is 23.2 Å². The number of ether oxygens (including phenoxy) is 2. The first kappa shape index (κ1) is 35.7. The van der Waals surface area contributed by atoms with Crippen LogP contribution >= 0.6 is 11.6 Å². The zero-order chi connectivity index (χ0) is 35.2. The van der Waals surface area contributed by atoms with Gasteiger partial charge in [0.1, 0.15) is 28.4 Å². The van der Waals surface area contributed by atoms with Crippen LogP contribution in [0.15, 0.2) is 36.8 Å². The zero-order valence-corrected chi connectivity index (χ0v) is 30.7. The van der Waals surface area contributed by atoms with Crippen LogP contribution in [-0.4, -0.2) is 85.4 Å². The van der Waals surface area contributed by atoms with Gasteiger partial charge in [0.2, 0.25) is 0 Å². The lowest BCUT2D eigenvalue weighted by Crippen LogP contribution is -2.49. The molecular weight excluding hydrogens is 657 g/mol. The summed E-state index contributed by atoms with van der Waals surface area (Å²) in [5.74, 6) is -0.0464. The van der Waals surface area contributed by atoms with Crippen molar-refractivity contribution in [2.45, 2.75) is 96.9 Å². The van der Waals surface area contributed by atoms with Gasteiger partial charge >= 0.3 is 6.09 Å². The van der Waals surface area contributed by atoms with Gasteiger partial charge in [-0.15, -0.1) is 5.10 Å². The van der Waals surface area contributed by atoms with Gasteiger partial charge in [-0.1, -0.05) is 37.6 Å². The molecule has 1 unspecified atom stereocenters. The number of hydrogen-bond donors (Lipinski definition) is 1. The van der Waals surface area contributed by atoms with Gasteiger partial charge in [-0.2, -0.15) is 5.10 Å². The van der Waals surface area contributed by atoms with Crippen LogP contribution < -0.4 is 4.74 Å². The Labute approximate surface area is 286 Å². The number of carbonyl (C=O) groups is 1. The van der Waals surface area contributed by atoms with Crippen molar-refractivity contribution in [2.75, 3.05) is 19.7 Å². The van der Waals surface area contributed by atoms with Crippen molar-refractivity contribution in [3.8, 4) is 17.0 Å². The minimum atomic E-state index is -2.19. The Bertz CT molecular complexity index is 1770. The molecule has 1 aliphatic heterocycles. The van der Waals surface area contributed by atoms with Gasteiger partial charge < -0.3 is 23.9 Å². The molecule has 5 rings (SSSR count). The molecule has 0 bridgehead atoms. The Hall–Kier alpha value is -3.59. The standard InChI is InChI=1S/C33H45ClFN7O5Si/c1-20-29(38-39-42(20)25-12-13-40(18-26(25)43)31(44)47-32(2,3)4)21-14-27(30-23(34)16-37-41(30)17-21)46-28(24-11-10-22(35)15-36-24)19-45-48(8,9)33(5,6)7/h10-11,14-17,25-26,28,43H,12-13,18-19H2,1-9H3/t25-,26-,28?/m1/s1. The van der Waals surface area contributed by atoms with Crippen LogP contribution in [-0.2, 0) is 9.16 Å². The largest absolute Gasteiger partial charge is 0.479 e. The third-order valence-electron chi connectivity index (χ3n) is 9.00. The third-order valence-corrected chi connectivity index (χ3v) is 13.8. The molecule has 15 heteroatoms. The number of halogens is 2. The maximum atomic E-state index is 13.9. The second kappa shape index (κ2) is 13.4. The van der Waals surface area contributed by atoms with Crippen molar-refractivity contribution in [1.29, 1.82) is 0 Å². The highest BCUT2D eigenvalue weighted by Gasteiger charge is 2.39. The lowest BCUT2D eigenvalue weighted by atomic mass is 10.0. The molecule has 12 nitrogen and oxygen atoms in total. The lowest BCUT2D eigenvalue weighted by molar-refractivity contribution is -0.0123. The molecule has 1 amide bonds. The van der Waals surface area contributed by atoms with Crippen LogP contribution in [0.4, 0.5) is 9.18 Å². The van der Waals surface area contributed by atoms with E-state index in [0.717, 1.165) is 6.20 Å². The second-order valence-electron chi connectivity index (χ2n) is 14.8. The number of β-amino-alcohol motifs (C(OH)–C–C–N with tert-alkyl or cyclic N) is 1. The Morgan fingerprint density at radius 3 is 2.54 bits per heavy atom. The molecule has 260 valence electrons. The Balaban J connectivity index is 1.45. The van der Waals surface area contributed by atoms with Gasteiger partial charge in [0.05, 0.1) is 54.1 Å². The van der Waals surface area contributed by atoms with Crippen molar-refractivity contribution in [1.82, 2.24) is 34.5 Å². The average Bonchev–Trinajstić information content (AvgIpc) is 3.56. The molecule has 4 aromatic rings. The Kier molecular flexibility index (Phi) is 9.95. The Morgan fingerprint density at radius 2 is 1.92 bits per heavy atom. The van der Waals surface area contributed by atoms with Crippen molar-refractivity contribution in [3.63, 3.8) is 0 Å². The van der Waals surface area contributed by atoms with E-state index in [1.807, 2.05) is 33.8 Å². The number of carbonyl (C=O) groups excluding carboxylic acids is 1. The molecule has 1 fully saturated rings. The number of pyridine rings is 2. The third kappa shape index (κ3) is 7.66. The second-order valence-corrected chi connectivity index (χ2v) is 20.0. The van der Waals surface area contributed by atoms with Gasteiger partial charge in [-0.05, 0) is 70.4 Å². The summed E-state index contributed by atoms with van der Waals surface area (Å²) in [6.45, 7) is 18.8. The number of nitrogens with zero attached hydrogens (tertiary/aromatic N) is 7. The summed E-state index contributed by atoms with van der Waals surface area (Å²) in [5, 5.41) is 24.8. The summed E-state index contributed by atoms with van der Waals surface area (Å²) < 4.78 is 35.9. The minimum Gasteiger partial charge on any atom is -0.479 e. The molecular formula is C33H45ClFN7O5Si. The van der Waals surface area contributed by atoms with Crippen LogP contribution in [0.1, 0.15) is 71.5 Å². The van der Waals surface area contributed by atoms with E-state index in [1.165, 1.54) is 17.2 Å². The van der Waals surface area contributed by atoms with Crippen LogP contribution in [0.5, 0.6) is 5.75 Å². The smallest absolute Gasteiger partial charge is 0.410 e. The van der Waals surface area contributed by atoms with Gasteiger partial charge in [-0.25, -0.2) is 18.4 Å². The van der Waals surface area contributed by atoms with Crippen LogP contribution in [0, 0.1) is 12.7 Å². The maximum Gasteiger partial charge on any atom is 0.410 e. The van der Waals surface area contributed by atoms with E-state index in [0.29, 0.717) is 51.9 Å². The number of aliphatic hydroxyl groups is 1. The van der Waals surface area contributed by atoms with Crippen molar-refractivity contribution in [2.24, 2.45) is 0 Å². The zero-order valence-electron chi connectivity index (χ0n) is 29.0. The molecule has 4 aromatic heterocycles. The first-order valence-corrected chi connectivity index (χ1v) is 19.3. The Morgan fingerprint density at radius 1 is 1.19 bits per heavy atom. The molecule has 48 heavy (non-hydrogen) atoms. The molecule has 3 atom stereocenters. The molecule has 0 spiro atoms. The highest BCUT2D eigenvalue weighted by atomic mass is 35.5. The van der Waals surface area contributed by atoms with Crippen molar-refractivity contribution >= 4 is 31.5 Å². The van der Waals surface area contributed by atoms with Gasteiger partial charge in [0, 0.05) is 18.3 Å². The number of piperidine rings is 1. The summed E-state index contributed by atoms with van der Waals surface area (Å²) in [5.41, 5.74) is 2.33. The first-order valence-electron chi connectivity index (χ1n) is 16.0. The molecule has 0 saturated carbocycles. The van der Waals surface area contributed by atoms with E-state index in [-0.39, 0.29) is 18.2 Å². The van der Waals surface area contributed by atoms with E-state index in [4.69, 9.17) is 25.5 Å². The number of likely N-dealkylation sites (tertiary alicyclic amines) is 1. The van der Waals surface area contributed by atoms with E-state index >= 15 is 0 Å². The summed E-state index contributed by atoms with van der Waals surface area (Å²) in [6, 6.07) is 4.35. The predicted molar refractivity (Wildman–Crippen MR) is 182 cm³/mol. The van der Waals surface area contributed by atoms with Crippen LogP contribution in [0.3, 0.4) is 0 Å².